The predicted octanol–water partition coefficient (Wildman–Crippen LogP) is 6.34. The molecule has 0 bridgehead atoms. The fourth-order valence-electron chi connectivity index (χ4n) is 7.86. The van der Waals surface area contributed by atoms with Crippen LogP contribution in [-0.4, -0.2) is 128 Å². The van der Waals surface area contributed by atoms with Crippen LogP contribution < -0.4 is 30.3 Å². The molecule has 1 amide bonds. The number of amides is 1. The quantitative estimate of drug-likeness (QED) is 0.147. The summed E-state index contributed by atoms with van der Waals surface area (Å²) in [6.45, 7) is 12.2. The van der Waals surface area contributed by atoms with Gasteiger partial charge in [-0.3, -0.25) is 4.79 Å². The highest BCUT2D eigenvalue weighted by atomic mass is 19.4. The summed E-state index contributed by atoms with van der Waals surface area (Å²) in [4.78, 5) is 17.1. The van der Waals surface area contributed by atoms with Crippen LogP contribution in [0.2, 0.25) is 0 Å². The van der Waals surface area contributed by atoms with Crippen LogP contribution in [0.5, 0.6) is 11.8 Å². The summed E-state index contributed by atoms with van der Waals surface area (Å²) in [5.74, 6) is 0.292. The van der Waals surface area contributed by atoms with E-state index < -0.39 is 17.8 Å². The Morgan fingerprint density at radius 2 is 1.14 bits per heavy atom. The van der Waals surface area contributed by atoms with Crippen molar-refractivity contribution in [3.8, 4) is 34.3 Å². The monoisotopic (exact) mass is 914 g/mol. The fraction of sp³-hybridized carbons (Fsp3) is 0.457. The number of anilines is 4. The SMILES string of the molecule is Cc1ccc(N)cc1-c1cc(N2CCOCC2)c(OC2CCOCC2)nn1.Cc1ccc(NC(=O)c2cnnc(C(F)(F)F)c2)cc1-c1cc(N2CCOCC2)c(OC2CCOCC2)nn1. The fourth-order valence-corrected chi connectivity index (χ4v) is 7.86. The number of ether oxygens (including phenoxy) is 6. The second kappa shape index (κ2) is 21.4. The van der Waals surface area contributed by atoms with Gasteiger partial charge in [0.15, 0.2) is 5.69 Å². The average molecular weight is 915 g/mol. The van der Waals surface area contributed by atoms with Gasteiger partial charge in [-0.25, -0.2) is 0 Å². The number of aromatic nitrogens is 6. The van der Waals surface area contributed by atoms with E-state index in [4.69, 9.17) is 34.2 Å². The minimum absolute atomic E-state index is 0.0143. The molecule has 4 saturated heterocycles. The summed E-state index contributed by atoms with van der Waals surface area (Å²) in [6, 6.07) is 15.6. The van der Waals surface area contributed by atoms with E-state index in [1.165, 1.54) is 0 Å². The normalized spacial score (nSPS) is 17.4. The van der Waals surface area contributed by atoms with Crippen molar-refractivity contribution in [2.75, 3.05) is 99.9 Å². The van der Waals surface area contributed by atoms with Crippen LogP contribution in [-0.2, 0) is 25.1 Å². The van der Waals surface area contributed by atoms with E-state index in [1.54, 1.807) is 18.2 Å². The molecular formula is C46H53F3N10O7. The first-order chi connectivity index (χ1) is 32.0. The third kappa shape index (κ3) is 11.8. The number of nitrogen functional groups attached to an aromatic ring is 1. The molecule has 9 rings (SSSR count). The van der Waals surface area contributed by atoms with E-state index in [0.717, 1.165) is 91.9 Å². The third-order valence-electron chi connectivity index (χ3n) is 11.6. The Kier molecular flexibility index (Phi) is 15.0. The standard InChI is InChI=1S/C26H27F3N6O4.C20H26N4O3/c1-16-2-3-18(31-24(36)17-12-23(26(27,28)29)33-30-15-17)13-20(16)21-14-22(35-6-10-38-11-7-35)25(34-32-21)39-19-4-8-37-9-5-19;1-14-2-3-15(21)12-17(14)18-13-19(24-6-10-26-11-7-24)20(23-22-18)27-16-4-8-25-9-5-16/h2-3,12-15,19H,4-11H2,1H3,(H,31,36);2-3,12-13,16H,4-11,21H2,1H3. The van der Waals surface area contributed by atoms with E-state index >= 15 is 0 Å². The zero-order valence-electron chi connectivity index (χ0n) is 36.9. The van der Waals surface area contributed by atoms with Crippen molar-refractivity contribution in [2.24, 2.45) is 0 Å². The van der Waals surface area contributed by atoms with Gasteiger partial charge in [-0.05, 0) is 67.4 Å². The van der Waals surface area contributed by atoms with E-state index in [0.29, 0.717) is 93.2 Å². The molecule has 0 unspecified atom stereocenters. The number of morpholine rings is 2. The van der Waals surface area contributed by atoms with Gasteiger partial charge >= 0.3 is 6.18 Å². The van der Waals surface area contributed by atoms with Crippen LogP contribution in [0.15, 0.2) is 60.8 Å². The number of carbonyl (C=O) groups excluding carboxylic acids is 1. The molecule has 4 aliphatic rings. The number of rotatable bonds is 10. The first kappa shape index (κ1) is 46.3. The number of nitrogens with two attached hydrogens (primary N) is 1. The minimum Gasteiger partial charge on any atom is -0.472 e. The van der Waals surface area contributed by atoms with Crippen molar-refractivity contribution in [3.05, 3.63) is 83.2 Å². The van der Waals surface area contributed by atoms with Crippen molar-refractivity contribution in [3.63, 3.8) is 0 Å². The summed E-state index contributed by atoms with van der Waals surface area (Å²) in [5.41, 5.74) is 12.4. The Bertz CT molecular complexity index is 2440. The lowest BCUT2D eigenvalue weighted by atomic mass is 10.0. The molecule has 7 heterocycles. The minimum atomic E-state index is -4.71. The van der Waals surface area contributed by atoms with Gasteiger partial charge in [0.1, 0.15) is 23.6 Å². The summed E-state index contributed by atoms with van der Waals surface area (Å²) in [5, 5.41) is 26.8. The van der Waals surface area contributed by atoms with Crippen LogP contribution in [0.1, 0.15) is 52.9 Å². The van der Waals surface area contributed by atoms with Crippen LogP contribution >= 0.6 is 0 Å². The number of aryl methyl sites for hydroxylation is 2. The van der Waals surface area contributed by atoms with Crippen molar-refractivity contribution < 1.29 is 46.4 Å². The zero-order chi connectivity index (χ0) is 46.0. The molecule has 20 heteroatoms. The number of carbonyl (C=O) groups is 1. The molecule has 4 aliphatic heterocycles. The number of hydrogen-bond acceptors (Lipinski definition) is 16. The van der Waals surface area contributed by atoms with Gasteiger partial charge in [-0.2, -0.15) is 18.3 Å². The summed E-state index contributed by atoms with van der Waals surface area (Å²) in [7, 11) is 0. The average Bonchev–Trinajstić information content (AvgIpc) is 3.34. The molecule has 2 aromatic carbocycles. The van der Waals surface area contributed by atoms with Gasteiger partial charge in [0.05, 0.1) is 76.0 Å². The lowest BCUT2D eigenvalue weighted by molar-refractivity contribution is -0.141. The van der Waals surface area contributed by atoms with Crippen molar-refractivity contribution in [1.82, 2.24) is 30.6 Å². The number of benzene rings is 2. The molecule has 3 N–H and O–H groups in total. The molecule has 4 fully saturated rings. The predicted molar refractivity (Wildman–Crippen MR) is 239 cm³/mol. The Hall–Kier alpha value is -6.22. The first-order valence-corrected chi connectivity index (χ1v) is 22.1. The molecule has 3 aromatic heterocycles. The van der Waals surface area contributed by atoms with Crippen molar-refractivity contribution >= 4 is 28.7 Å². The van der Waals surface area contributed by atoms with E-state index in [1.807, 2.05) is 31.2 Å². The topological polar surface area (TPSA) is 194 Å². The van der Waals surface area contributed by atoms with E-state index in [9.17, 15) is 18.0 Å². The smallest absolute Gasteiger partial charge is 0.435 e. The van der Waals surface area contributed by atoms with Crippen LogP contribution in [0.4, 0.5) is 35.9 Å². The van der Waals surface area contributed by atoms with Gasteiger partial charge in [-0.1, -0.05) is 12.1 Å². The Balaban J connectivity index is 0.000000192. The largest absolute Gasteiger partial charge is 0.472 e. The molecule has 0 aliphatic carbocycles. The Morgan fingerprint density at radius 3 is 1.65 bits per heavy atom. The number of alkyl halides is 3. The molecule has 0 spiro atoms. The van der Waals surface area contributed by atoms with Gasteiger partial charge in [0.25, 0.3) is 17.7 Å². The van der Waals surface area contributed by atoms with E-state index in [-0.39, 0.29) is 17.8 Å². The maximum absolute atomic E-state index is 13.0. The van der Waals surface area contributed by atoms with Gasteiger partial charge in [-0.15, -0.1) is 25.5 Å². The van der Waals surface area contributed by atoms with Gasteiger partial charge in [0, 0.05) is 74.4 Å². The maximum atomic E-state index is 13.0. The molecule has 0 radical (unpaired) electrons. The molecule has 17 nitrogen and oxygen atoms in total. The summed E-state index contributed by atoms with van der Waals surface area (Å²) in [6.07, 6.45) is -0.337. The first-order valence-electron chi connectivity index (χ1n) is 22.1. The number of hydrogen-bond donors (Lipinski definition) is 2. The van der Waals surface area contributed by atoms with Gasteiger partial charge < -0.3 is 49.3 Å². The van der Waals surface area contributed by atoms with Crippen LogP contribution in [0, 0.1) is 13.8 Å². The molecule has 66 heavy (non-hydrogen) atoms. The lowest BCUT2D eigenvalue weighted by Crippen LogP contribution is -2.37. The Labute approximate surface area is 380 Å². The molecule has 350 valence electrons. The number of halogens is 3. The number of nitrogens with one attached hydrogen (secondary N) is 1. The van der Waals surface area contributed by atoms with E-state index in [2.05, 4.69) is 58.7 Å². The highest BCUT2D eigenvalue weighted by Crippen LogP contribution is 2.36. The number of nitrogens with zero attached hydrogens (tertiary/aromatic N) is 8. The second-order valence-electron chi connectivity index (χ2n) is 16.3. The zero-order valence-corrected chi connectivity index (χ0v) is 36.9. The molecular weight excluding hydrogens is 862 g/mol. The summed E-state index contributed by atoms with van der Waals surface area (Å²) >= 11 is 0. The molecule has 0 saturated carbocycles. The highest BCUT2D eigenvalue weighted by molar-refractivity contribution is 6.04. The lowest BCUT2D eigenvalue weighted by Gasteiger charge is -2.31. The molecule has 0 atom stereocenters. The van der Waals surface area contributed by atoms with Crippen LogP contribution in [0.25, 0.3) is 22.5 Å². The molecule has 5 aromatic rings. The third-order valence-corrected chi connectivity index (χ3v) is 11.6. The van der Waals surface area contributed by atoms with Crippen molar-refractivity contribution in [2.45, 2.75) is 57.9 Å². The summed E-state index contributed by atoms with van der Waals surface area (Å²) < 4.78 is 73.3. The maximum Gasteiger partial charge on any atom is 0.435 e. The van der Waals surface area contributed by atoms with Crippen molar-refractivity contribution in [1.29, 1.82) is 0 Å². The van der Waals surface area contributed by atoms with Crippen LogP contribution in [0.3, 0.4) is 0 Å². The Morgan fingerprint density at radius 1 is 0.652 bits per heavy atom. The van der Waals surface area contributed by atoms with Gasteiger partial charge in [0.2, 0.25) is 0 Å². The highest BCUT2D eigenvalue weighted by Gasteiger charge is 2.34. The second-order valence-corrected chi connectivity index (χ2v) is 16.3.